The number of carboxylic acids is 1. The van der Waals surface area contributed by atoms with Gasteiger partial charge in [0.25, 0.3) is 6.43 Å². The molecule has 0 unspecified atom stereocenters. The van der Waals surface area contributed by atoms with Gasteiger partial charge in [0, 0.05) is 10.6 Å². The predicted octanol–water partition coefficient (Wildman–Crippen LogP) is 3.69. The van der Waals surface area contributed by atoms with Gasteiger partial charge in [-0.3, -0.25) is 0 Å². The first-order valence-electron chi connectivity index (χ1n) is 6.13. The Kier molecular flexibility index (Phi) is 3.50. The molecule has 8 heteroatoms. The number of carbonyl (C=O) groups is 1. The standard InChI is InChI=1S/C14H8ClF2N3O2/c15-8-3-1-7(2-4-8)10-5-11(12(16)17)20-13(19-10)9(6-18-20)14(21)22/h1-6,12H,(H,21,22). The summed E-state index contributed by atoms with van der Waals surface area (Å²) in [7, 11) is 0. The zero-order valence-corrected chi connectivity index (χ0v) is 11.6. The number of hydrogen-bond acceptors (Lipinski definition) is 3. The Morgan fingerprint density at radius 3 is 2.55 bits per heavy atom. The van der Waals surface area contributed by atoms with Crippen molar-refractivity contribution in [2.45, 2.75) is 6.43 Å². The first-order valence-corrected chi connectivity index (χ1v) is 6.51. The lowest BCUT2D eigenvalue weighted by atomic mass is 10.1. The Labute approximate surface area is 127 Å². The van der Waals surface area contributed by atoms with E-state index < -0.39 is 18.1 Å². The minimum Gasteiger partial charge on any atom is -0.477 e. The van der Waals surface area contributed by atoms with Gasteiger partial charge in [-0.15, -0.1) is 0 Å². The van der Waals surface area contributed by atoms with E-state index >= 15 is 0 Å². The molecule has 3 aromatic rings. The third-order valence-corrected chi connectivity index (χ3v) is 3.35. The number of hydrogen-bond donors (Lipinski definition) is 1. The number of alkyl halides is 2. The summed E-state index contributed by atoms with van der Waals surface area (Å²) >= 11 is 5.79. The van der Waals surface area contributed by atoms with E-state index in [1.165, 1.54) is 6.07 Å². The van der Waals surface area contributed by atoms with Crippen LogP contribution in [0.1, 0.15) is 22.5 Å². The van der Waals surface area contributed by atoms with Crippen molar-refractivity contribution in [3.63, 3.8) is 0 Å². The number of aromatic nitrogens is 3. The Balaban J connectivity index is 2.29. The van der Waals surface area contributed by atoms with E-state index in [-0.39, 0.29) is 16.9 Å². The maximum Gasteiger partial charge on any atom is 0.341 e. The van der Waals surface area contributed by atoms with E-state index in [0.29, 0.717) is 10.6 Å². The molecule has 0 aliphatic carbocycles. The van der Waals surface area contributed by atoms with Crippen LogP contribution in [0.5, 0.6) is 0 Å². The fourth-order valence-electron chi connectivity index (χ4n) is 2.06. The molecular weight excluding hydrogens is 316 g/mol. The molecule has 3 rings (SSSR count). The van der Waals surface area contributed by atoms with E-state index in [1.807, 2.05) is 0 Å². The van der Waals surface area contributed by atoms with Crippen LogP contribution in [0.25, 0.3) is 16.9 Å². The molecule has 0 spiro atoms. The highest BCUT2D eigenvalue weighted by Crippen LogP contribution is 2.27. The minimum absolute atomic E-state index is 0.129. The number of carboxylic acid groups (broad SMARTS) is 1. The molecule has 2 aromatic heterocycles. The normalized spacial score (nSPS) is 11.3. The monoisotopic (exact) mass is 323 g/mol. The molecule has 0 bridgehead atoms. The summed E-state index contributed by atoms with van der Waals surface area (Å²) in [5.41, 5.74) is -0.0239. The smallest absolute Gasteiger partial charge is 0.341 e. The minimum atomic E-state index is -2.82. The van der Waals surface area contributed by atoms with Crippen molar-refractivity contribution in [1.82, 2.24) is 14.6 Å². The van der Waals surface area contributed by atoms with E-state index in [1.54, 1.807) is 24.3 Å². The first kappa shape index (κ1) is 14.4. The molecule has 22 heavy (non-hydrogen) atoms. The summed E-state index contributed by atoms with van der Waals surface area (Å²) in [4.78, 5) is 15.3. The van der Waals surface area contributed by atoms with E-state index in [2.05, 4.69) is 10.1 Å². The Morgan fingerprint density at radius 1 is 1.27 bits per heavy atom. The van der Waals surface area contributed by atoms with Gasteiger partial charge in [-0.05, 0) is 18.2 Å². The second-order valence-corrected chi connectivity index (χ2v) is 4.91. The lowest BCUT2D eigenvalue weighted by molar-refractivity contribution is 0.0698. The summed E-state index contributed by atoms with van der Waals surface area (Å²) in [6, 6.07) is 7.61. The van der Waals surface area contributed by atoms with Gasteiger partial charge < -0.3 is 5.11 Å². The number of halogens is 3. The summed E-state index contributed by atoms with van der Waals surface area (Å²) in [5.74, 6) is -1.28. The summed E-state index contributed by atoms with van der Waals surface area (Å²) in [6.45, 7) is 0. The molecule has 0 aliphatic rings. The van der Waals surface area contributed by atoms with E-state index in [0.717, 1.165) is 10.7 Å². The number of rotatable bonds is 3. The van der Waals surface area contributed by atoms with Gasteiger partial charge in [0.15, 0.2) is 5.65 Å². The van der Waals surface area contributed by atoms with Crippen LogP contribution in [0.3, 0.4) is 0 Å². The average Bonchev–Trinajstić information content (AvgIpc) is 2.90. The molecule has 1 aromatic carbocycles. The number of nitrogens with zero attached hydrogens (tertiary/aromatic N) is 3. The highest BCUT2D eigenvalue weighted by atomic mass is 35.5. The number of benzene rings is 1. The zero-order chi connectivity index (χ0) is 15.9. The van der Waals surface area contributed by atoms with Crippen molar-refractivity contribution >= 4 is 23.2 Å². The van der Waals surface area contributed by atoms with Crippen LogP contribution >= 0.6 is 11.6 Å². The fourth-order valence-corrected chi connectivity index (χ4v) is 2.19. The molecule has 1 N–H and O–H groups in total. The van der Waals surface area contributed by atoms with E-state index in [9.17, 15) is 13.6 Å². The number of fused-ring (bicyclic) bond motifs is 1. The fraction of sp³-hybridized carbons (Fsp3) is 0.0714. The molecule has 0 saturated heterocycles. The van der Waals surface area contributed by atoms with Gasteiger partial charge in [-0.1, -0.05) is 23.7 Å². The number of aromatic carboxylic acids is 1. The molecule has 0 radical (unpaired) electrons. The Bertz CT molecular complexity index is 862. The van der Waals surface area contributed by atoms with Crippen LogP contribution in [0, 0.1) is 0 Å². The molecule has 5 nitrogen and oxygen atoms in total. The molecule has 0 atom stereocenters. The Hall–Kier alpha value is -2.54. The largest absolute Gasteiger partial charge is 0.477 e. The average molecular weight is 324 g/mol. The Morgan fingerprint density at radius 2 is 1.95 bits per heavy atom. The van der Waals surface area contributed by atoms with Gasteiger partial charge in [-0.25, -0.2) is 23.1 Å². The second-order valence-electron chi connectivity index (χ2n) is 4.47. The summed E-state index contributed by atoms with van der Waals surface area (Å²) in [6.07, 6.45) is -1.82. The van der Waals surface area contributed by atoms with Crippen LogP contribution in [-0.2, 0) is 0 Å². The maximum atomic E-state index is 13.2. The van der Waals surface area contributed by atoms with Crippen molar-refractivity contribution in [1.29, 1.82) is 0 Å². The lowest BCUT2D eigenvalue weighted by Crippen LogP contribution is -2.04. The highest BCUT2D eigenvalue weighted by Gasteiger charge is 2.21. The topological polar surface area (TPSA) is 67.5 Å². The SMILES string of the molecule is O=C(O)c1cnn2c(C(F)F)cc(-c3ccc(Cl)cc3)nc12. The molecule has 0 aliphatic heterocycles. The predicted molar refractivity (Wildman–Crippen MR) is 75.3 cm³/mol. The molecule has 0 amide bonds. The molecule has 2 heterocycles. The quantitative estimate of drug-likeness (QED) is 0.798. The van der Waals surface area contributed by atoms with Gasteiger partial charge in [-0.2, -0.15) is 5.10 Å². The van der Waals surface area contributed by atoms with Crippen molar-refractivity contribution in [3.05, 3.63) is 52.8 Å². The lowest BCUT2D eigenvalue weighted by Gasteiger charge is -2.08. The molecular formula is C14H8ClF2N3O2. The zero-order valence-electron chi connectivity index (χ0n) is 10.9. The highest BCUT2D eigenvalue weighted by molar-refractivity contribution is 6.30. The van der Waals surface area contributed by atoms with Crippen LogP contribution in [0.15, 0.2) is 36.5 Å². The van der Waals surface area contributed by atoms with Crippen molar-refractivity contribution < 1.29 is 18.7 Å². The molecule has 0 saturated carbocycles. The van der Waals surface area contributed by atoms with Crippen LogP contribution in [0.2, 0.25) is 5.02 Å². The summed E-state index contributed by atoms with van der Waals surface area (Å²) in [5, 5.41) is 13.3. The van der Waals surface area contributed by atoms with Crippen LogP contribution in [0.4, 0.5) is 8.78 Å². The first-order chi connectivity index (χ1) is 10.5. The van der Waals surface area contributed by atoms with E-state index in [4.69, 9.17) is 16.7 Å². The van der Waals surface area contributed by atoms with Crippen LogP contribution in [-0.4, -0.2) is 25.7 Å². The van der Waals surface area contributed by atoms with Crippen molar-refractivity contribution in [2.75, 3.05) is 0 Å². The third kappa shape index (κ3) is 2.39. The van der Waals surface area contributed by atoms with Gasteiger partial charge in [0.05, 0.1) is 11.9 Å². The summed E-state index contributed by atoms with van der Waals surface area (Å²) < 4.78 is 27.3. The third-order valence-electron chi connectivity index (χ3n) is 3.09. The molecule has 0 fully saturated rings. The second kappa shape index (κ2) is 5.34. The molecule has 112 valence electrons. The van der Waals surface area contributed by atoms with Crippen molar-refractivity contribution in [2.24, 2.45) is 0 Å². The maximum absolute atomic E-state index is 13.2. The van der Waals surface area contributed by atoms with Gasteiger partial charge in [0.1, 0.15) is 11.3 Å². The van der Waals surface area contributed by atoms with Crippen LogP contribution < -0.4 is 0 Å². The van der Waals surface area contributed by atoms with Gasteiger partial charge >= 0.3 is 5.97 Å². The van der Waals surface area contributed by atoms with Crippen molar-refractivity contribution in [3.8, 4) is 11.3 Å². The van der Waals surface area contributed by atoms with Gasteiger partial charge in [0.2, 0.25) is 0 Å².